The lowest BCUT2D eigenvalue weighted by Gasteiger charge is -2.17. The second-order valence-electron chi connectivity index (χ2n) is 12.3. The molecule has 2 aromatic carbocycles. The molecule has 0 heterocycles. The van der Waals surface area contributed by atoms with E-state index >= 15 is 0 Å². The van der Waals surface area contributed by atoms with Crippen LogP contribution >= 0.6 is 0 Å². The van der Waals surface area contributed by atoms with E-state index in [4.69, 9.17) is 21.9 Å². The molecule has 12 N–H and O–H groups in total. The van der Waals surface area contributed by atoms with Gasteiger partial charge in [-0.25, -0.2) is 0 Å². The summed E-state index contributed by atoms with van der Waals surface area (Å²) in [5, 5.41) is 21.3. The third kappa shape index (κ3) is 18.9. The lowest BCUT2D eigenvalue weighted by molar-refractivity contribution is 0.239. The minimum Gasteiger partial charge on any atom is -0.491 e. The Morgan fingerprint density at radius 2 is 0.935 bits per heavy atom. The zero-order valence-electron chi connectivity index (χ0n) is 29.0. The summed E-state index contributed by atoms with van der Waals surface area (Å²) in [4.78, 5) is 0. The average Bonchev–Trinajstić information content (AvgIpc) is 3.05. The van der Waals surface area contributed by atoms with Crippen LogP contribution < -0.4 is 53.8 Å². The first kappa shape index (κ1) is 40.1. The molecule has 262 valence electrons. The van der Waals surface area contributed by atoms with Crippen LogP contribution in [0.15, 0.2) is 36.4 Å². The summed E-state index contributed by atoms with van der Waals surface area (Å²) in [5.41, 5.74) is 23.0. The van der Waals surface area contributed by atoms with Crippen LogP contribution in [0.25, 0.3) is 11.1 Å². The van der Waals surface area contributed by atoms with E-state index in [2.05, 4.69) is 82.1 Å². The standard InChI is InChI=1S/C36H67N9O/c1-30(2)46-36-10-9-33(26-35(36)29-45-22-8-19-42-16-5-13-39)34-24-31(27-43-20-6-17-40-14-3-11-37)23-32(25-34)28-44-21-7-18-41-15-4-12-38/h9-10,23-26,30,40-45H,3-8,11-22,27-29,37-39H2,1-2H3. The van der Waals surface area contributed by atoms with Crippen molar-refractivity contribution in [1.29, 1.82) is 0 Å². The summed E-state index contributed by atoms with van der Waals surface area (Å²) in [7, 11) is 0. The highest BCUT2D eigenvalue weighted by Gasteiger charge is 2.11. The van der Waals surface area contributed by atoms with Crippen molar-refractivity contribution in [3.63, 3.8) is 0 Å². The first-order valence-electron chi connectivity index (χ1n) is 17.8. The van der Waals surface area contributed by atoms with Gasteiger partial charge in [-0.2, -0.15) is 0 Å². The van der Waals surface area contributed by atoms with Crippen molar-refractivity contribution in [2.75, 3.05) is 78.5 Å². The summed E-state index contributed by atoms with van der Waals surface area (Å²) in [6.45, 7) is 17.7. The number of nitrogens with one attached hydrogen (secondary N) is 6. The Bertz CT molecular complexity index is 983. The molecule has 0 aliphatic rings. The molecule has 0 aliphatic carbocycles. The van der Waals surface area contributed by atoms with Gasteiger partial charge in [0.15, 0.2) is 0 Å². The molecule has 2 aromatic rings. The molecule has 0 amide bonds. The SMILES string of the molecule is CC(C)Oc1ccc(-c2cc(CNCCCNCCCN)cc(CNCCCNCCCN)c2)cc1CNCCCNCCCN. The van der Waals surface area contributed by atoms with Crippen molar-refractivity contribution in [1.82, 2.24) is 31.9 Å². The second-order valence-corrected chi connectivity index (χ2v) is 12.3. The molecular weight excluding hydrogens is 574 g/mol. The Hall–Kier alpha value is -2.12. The highest BCUT2D eigenvalue weighted by atomic mass is 16.5. The van der Waals surface area contributed by atoms with Crippen molar-refractivity contribution in [3.05, 3.63) is 53.1 Å². The maximum Gasteiger partial charge on any atom is 0.124 e. The van der Waals surface area contributed by atoms with Gasteiger partial charge in [0.1, 0.15) is 5.75 Å². The van der Waals surface area contributed by atoms with E-state index in [1.54, 1.807) is 0 Å². The van der Waals surface area contributed by atoms with Gasteiger partial charge < -0.3 is 53.8 Å². The van der Waals surface area contributed by atoms with Gasteiger partial charge in [-0.3, -0.25) is 0 Å². The van der Waals surface area contributed by atoms with Crippen LogP contribution in [0.3, 0.4) is 0 Å². The summed E-state index contributed by atoms with van der Waals surface area (Å²) in [5.74, 6) is 0.951. The summed E-state index contributed by atoms with van der Waals surface area (Å²) in [6, 6.07) is 13.6. The average molecular weight is 642 g/mol. The monoisotopic (exact) mass is 642 g/mol. The van der Waals surface area contributed by atoms with Crippen molar-refractivity contribution < 1.29 is 4.74 Å². The van der Waals surface area contributed by atoms with E-state index in [9.17, 15) is 0 Å². The topological polar surface area (TPSA) is 159 Å². The van der Waals surface area contributed by atoms with Crippen LogP contribution in [0, 0.1) is 0 Å². The van der Waals surface area contributed by atoms with E-state index in [1.807, 2.05) is 0 Å². The quantitative estimate of drug-likeness (QED) is 0.0580. The number of hydrogen-bond acceptors (Lipinski definition) is 10. The number of ether oxygens (including phenoxy) is 1. The number of nitrogens with two attached hydrogens (primary N) is 3. The first-order valence-corrected chi connectivity index (χ1v) is 17.8. The van der Waals surface area contributed by atoms with E-state index in [0.29, 0.717) is 0 Å². The van der Waals surface area contributed by atoms with E-state index in [-0.39, 0.29) is 6.10 Å². The van der Waals surface area contributed by atoms with Crippen LogP contribution in [0.4, 0.5) is 0 Å². The maximum absolute atomic E-state index is 6.21. The number of rotatable bonds is 30. The van der Waals surface area contributed by atoms with Crippen LogP contribution in [0.1, 0.15) is 69.1 Å². The number of hydrogen-bond donors (Lipinski definition) is 9. The molecular formula is C36H67N9O. The largest absolute Gasteiger partial charge is 0.491 e. The Balaban J connectivity index is 2.08. The molecule has 0 radical (unpaired) electrons. The summed E-state index contributed by atoms with van der Waals surface area (Å²) in [6.07, 6.45) is 6.45. The maximum atomic E-state index is 6.21. The Kier molecular flexibility index (Phi) is 23.4. The van der Waals surface area contributed by atoms with E-state index in [0.717, 1.165) is 142 Å². The van der Waals surface area contributed by atoms with Crippen LogP contribution in [0.2, 0.25) is 0 Å². The van der Waals surface area contributed by atoms with Gasteiger partial charge in [-0.05, 0) is 177 Å². The molecule has 2 rings (SSSR count). The fraction of sp³-hybridized carbons (Fsp3) is 0.667. The van der Waals surface area contributed by atoms with Gasteiger partial charge in [-0.15, -0.1) is 0 Å². The molecule has 0 atom stereocenters. The minimum absolute atomic E-state index is 0.121. The highest BCUT2D eigenvalue weighted by molar-refractivity contribution is 5.67. The molecule has 0 spiro atoms. The van der Waals surface area contributed by atoms with Crippen molar-refractivity contribution in [2.24, 2.45) is 17.2 Å². The van der Waals surface area contributed by atoms with E-state index in [1.165, 1.54) is 27.8 Å². The first-order chi connectivity index (χ1) is 22.6. The lowest BCUT2D eigenvalue weighted by atomic mass is 9.97. The molecule has 46 heavy (non-hydrogen) atoms. The molecule has 0 aromatic heterocycles. The zero-order chi connectivity index (χ0) is 33.1. The van der Waals surface area contributed by atoms with Gasteiger partial charge in [0.2, 0.25) is 0 Å². The Labute approximate surface area is 280 Å². The van der Waals surface area contributed by atoms with Crippen molar-refractivity contribution in [3.8, 4) is 16.9 Å². The fourth-order valence-electron chi connectivity index (χ4n) is 5.16. The van der Waals surface area contributed by atoms with Gasteiger partial charge in [0.25, 0.3) is 0 Å². The van der Waals surface area contributed by atoms with Gasteiger partial charge in [0.05, 0.1) is 6.10 Å². The van der Waals surface area contributed by atoms with Crippen LogP contribution in [-0.4, -0.2) is 84.6 Å². The molecule has 10 heteroatoms. The Morgan fingerprint density at radius 1 is 0.500 bits per heavy atom. The second kappa shape index (κ2) is 26.9. The third-order valence-corrected chi connectivity index (χ3v) is 7.58. The minimum atomic E-state index is 0.121. The molecule has 10 nitrogen and oxygen atoms in total. The van der Waals surface area contributed by atoms with Crippen molar-refractivity contribution >= 4 is 0 Å². The molecule has 0 bridgehead atoms. The highest BCUT2D eigenvalue weighted by Crippen LogP contribution is 2.29. The predicted octanol–water partition coefficient (Wildman–Crippen LogP) is 2.40. The molecule has 0 unspecified atom stereocenters. The summed E-state index contributed by atoms with van der Waals surface area (Å²) < 4.78 is 6.21. The van der Waals surface area contributed by atoms with Gasteiger partial charge in [-0.1, -0.05) is 12.1 Å². The normalized spacial score (nSPS) is 11.5. The molecule has 0 saturated carbocycles. The fourth-order valence-corrected chi connectivity index (χ4v) is 5.16. The summed E-state index contributed by atoms with van der Waals surface area (Å²) >= 11 is 0. The lowest BCUT2D eigenvalue weighted by Crippen LogP contribution is -2.24. The Morgan fingerprint density at radius 3 is 1.39 bits per heavy atom. The molecule has 0 fully saturated rings. The van der Waals surface area contributed by atoms with Crippen molar-refractivity contribution in [2.45, 2.75) is 78.1 Å². The third-order valence-electron chi connectivity index (χ3n) is 7.58. The molecule has 0 saturated heterocycles. The van der Waals surface area contributed by atoms with Crippen LogP contribution in [0.5, 0.6) is 5.75 Å². The molecule has 0 aliphatic heterocycles. The predicted molar refractivity (Wildman–Crippen MR) is 196 cm³/mol. The van der Waals surface area contributed by atoms with Crippen LogP contribution in [-0.2, 0) is 19.6 Å². The smallest absolute Gasteiger partial charge is 0.124 e. The zero-order valence-corrected chi connectivity index (χ0v) is 29.0. The number of benzene rings is 2. The van der Waals surface area contributed by atoms with E-state index < -0.39 is 0 Å². The van der Waals surface area contributed by atoms with Gasteiger partial charge >= 0.3 is 0 Å². The van der Waals surface area contributed by atoms with Gasteiger partial charge in [0, 0.05) is 25.2 Å².